The number of Topliss-reactive ketones (excluding diaryl/α,β-unsaturated/α-hetero) is 1. The molecule has 5 fully saturated rings. The van der Waals surface area contributed by atoms with Crippen molar-refractivity contribution in [3.63, 3.8) is 0 Å². The summed E-state index contributed by atoms with van der Waals surface area (Å²) in [5, 5.41) is 9.81. The van der Waals surface area contributed by atoms with E-state index in [1.165, 1.54) is 42.9 Å². The smallest absolute Gasteiger partial charge is 0.306 e. The molecule has 0 amide bonds. The number of carbonyl (C=O) groups is 4. The zero-order chi connectivity index (χ0) is 38.8. The van der Waals surface area contributed by atoms with Crippen LogP contribution in [-0.2, 0) is 35.1 Å². The first-order valence-electron chi connectivity index (χ1n) is 21.5. The summed E-state index contributed by atoms with van der Waals surface area (Å²) < 4.78 is 11.8. The molecule has 54 heavy (non-hydrogen) atoms. The van der Waals surface area contributed by atoms with Gasteiger partial charge < -0.3 is 14.6 Å². The SMILES string of the molecule is CC(=O)O[C@]1(C(C)=O)CC[C@H]2[C@@H]3C[C@H](C)C4=CC(=O)CC[C@]4(C)[C@H]3CC[C@@]21C.CCCCC(=O)O[C@H]1CC[C@H]2[C@@H]3CCc4cc(O)ccc4[C@H]3CC[C@]12C. The molecular formula is C47H66O7. The normalized spacial score (nSPS) is 41.6. The first kappa shape index (κ1) is 39.3. The Balaban J connectivity index is 0.000000167. The van der Waals surface area contributed by atoms with Crippen LogP contribution in [0.4, 0.5) is 0 Å². The second-order valence-electron chi connectivity index (χ2n) is 19.5. The minimum Gasteiger partial charge on any atom is -0.508 e. The van der Waals surface area contributed by atoms with Gasteiger partial charge in [-0.25, -0.2) is 0 Å². The molecule has 7 heteroatoms. The van der Waals surface area contributed by atoms with Crippen molar-refractivity contribution in [2.75, 3.05) is 0 Å². The number of phenols is 1. The predicted octanol–water partition coefficient (Wildman–Crippen LogP) is 10.0. The fraction of sp³-hybridized carbons (Fsp3) is 0.745. The van der Waals surface area contributed by atoms with E-state index in [1.807, 2.05) is 18.2 Å². The van der Waals surface area contributed by atoms with Crippen molar-refractivity contribution in [1.82, 2.24) is 0 Å². The molecule has 8 rings (SSSR count). The lowest BCUT2D eigenvalue weighted by Crippen LogP contribution is -2.59. The Kier molecular flexibility index (Phi) is 10.6. The highest BCUT2D eigenvalue weighted by atomic mass is 16.6. The van der Waals surface area contributed by atoms with Gasteiger partial charge in [-0.15, -0.1) is 0 Å². The maximum atomic E-state index is 12.8. The first-order chi connectivity index (χ1) is 25.6. The van der Waals surface area contributed by atoms with E-state index in [0.29, 0.717) is 66.4 Å². The molecule has 296 valence electrons. The number of aryl methyl sites for hydroxylation is 1. The Hall–Kier alpha value is -2.96. The fourth-order valence-corrected chi connectivity index (χ4v) is 14.3. The summed E-state index contributed by atoms with van der Waals surface area (Å²) in [7, 11) is 0. The lowest BCUT2D eigenvalue weighted by atomic mass is 9.44. The van der Waals surface area contributed by atoms with Gasteiger partial charge in [0.15, 0.2) is 17.2 Å². The molecule has 12 atom stereocenters. The van der Waals surface area contributed by atoms with Crippen LogP contribution in [-0.4, -0.2) is 40.3 Å². The molecule has 1 aromatic carbocycles. The van der Waals surface area contributed by atoms with Crippen molar-refractivity contribution < 1.29 is 33.8 Å². The minimum atomic E-state index is -0.961. The number of unbranched alkanes of at least 4 members (excludes halogenated alkanes) is 1. The van der Waals surface area contributed by atoms with Gasteiger partial charge in [-0.2, -0.15) is 0 Å². The number of phenolic OH excluding ortho intramolecular Hbond substituents is 1. The van der Waals surface area contributed by atoms with Gasteiger partial charge in [0.05, 0.1) is 0 Å². The molecule has 0 aromatic heterocycles. The molecule has 0 aliphatic heterocycles. The molecule has 0 bridgehead atoms. The van der Waals surface area contributed by atoms with E-state index in [9.17, 15) is 24.3 Å². The number of benzene rings is 1. The van der Waals surface area contributed by atoms with Crippen LogP contribution in [0.1, 0.15) is 162 Å². The number of rotatable bonds is 6. The third kappa shape index (κ3) is 6.30. The molecule has 0 spiro atoms. The molecule has 0 unspecified atom stereocenters. The van der Waals surface area contributed by atoms with Crippen LogP contribution in [0.2, 0.25) is 0 Å². The third-order valence-corrected chi connectivity index (χ3v) is 16.9. The highest BCUT2D eigenvalue weighted by molar-refractivity contribution is 5.92. The lowest BCUT2D eigenvalue weighted by Gasteiger charge is -2.60. The van der Waals surface area contributed by atoms with E-state index in [2.05, 4.69) is 40.7 Å². The second-order valence-corrected chi connectivity index (χ2v) is 19.5. The molecule has 1 N–H and O–H groups in total. The molecule has 7 nitrogen and oxygen atoms in total. The van der Waals surface area contributed by atoms with E-state index in [1.54, 1.807) is 6.92 Å². The number of aromatic hydroxyl groups is 1. The average molecular weight is 743 g/mol. The van der Waals surface area contributed by atoms with Gasteiger partial charge >= 0.3 is 11.9 Å². The molecule has 7 aliphatic rings. The highest BCUT2D eigenvalue weighted by Crippen LogP contribution is 2.69. The lowest BCUT2D eigenvalue weighted by molar-refractivity contribution is -0.187. The first-order valence-corrected chi connectivity index (χ1v) is 21.5. The number of ether oxygens (including phenoxy) is 2. The standard InChI is InChI=1S/C24H34O4.C23H32O3/c1-14-12-18-19(22(4)9-6-17(27)13-21(14)22)7-10-23(5)20(18)8-11-24(23,15(2)25)28-16(3)26;1-3-4-5-22(25)26-21-11-10-20-19-8-6-15-14-16(24)7-9-17(15)18(19)12-13-23(20,21)2/h13-14,18-20H,6-12H2,1-5H3;7,9,14,18-21,24H,3-6,8,10-13H2,1-2H3/t14-,18+,19-,20-,22+,23-,24-;18-,19-,20+,21+,23+/m01/s1. The van der Waals surface area contributed by atoms with Crippen molar-refractivity contribution in [3.05, 3.63) is 41.0 Å². The average Bonchev–Trinajstić information content (AvgIpc) is 3.61. The van der Waals surface area contributed by atoms with Crippen LogP contribution in [0, 0.1) is 51.8 Å². The maximum absolute atomic E-state index is 12.8. The van der Waals surface area contributed by atoms with Crippen molar-refractivity contribution in [2.45, 2.75) is 169 Å². The molecule has 0 radical (unpaired) electrons. The van der Waals surface area contributed by atoms with Gasteiger partial charge in [0.25, 0.3) is 0 Å². The highest BCUT2D eigenvalue weighted by Gasteiger charge is 2.68. The number of allylic oxidation sites excluding steroid dienone is 1. The Morgan fingerprint density at radius 2 is 1.63 bits per heavy atom. The van der Waals surface area contributed by atoms with Crippen molar-refractivity contribution in [3.8, 4) is 5.75 Å². The van der Waals surface area contributed by atoms with E-state index in [4.69, 9.17) is 9.47 Å². The van der Waals surface area contributed by atoms with E-state index >= 15 is 0 Å². The summed E-state index contributed by atoms with van der Waals surface area (Å²) in [6, 6.07) is 5.97. The largest absolute Gasteiger partial charge is 0.508 e. The molecule has 1 aromatic rings. The summed E-state index contributed by atoms with van der Waals surface area (Å²) in [5.41, 5.74) is 3.17. The molecule has 0 heterocycles. The summed E-state index contributed by atoms with van der Waals surface area (Å²) in [5.74, 6) is 4.19. The number of hydrogen-bond donors (Lipinski definition) is 1. The number of esters is 2. The van der Waals surface area contributed by atoms with Gasteiger partial charge in [0.2, 0.25) is 0 Å². The van der Waals surface area contributed by atoms with Crippen LogP contribution in [0.25, 0.3) is 0 Å². The monoisotopic (exact) mass is 742 g/mol. The Morgan fingerprint density at radius 1 is 0.870 bits per heavy atom. The quantitative estimate of drug-likeness (QED) is 0.289. The summed E-state index contributed by atoms with van der Waals surface area (Å²) >= 11 is 0. The van der Waals surface area contributed by atoms with Gasteiger partial charge in [-0.3, -0.25) is 19.2 Å². The van der Waals surface area contributed by atoms with E-state index in [0.717, 1.165) is 64.2 Å². The third-order valence-electron chi connectivity index (χ3n) is 16.9. The summed E-state index contributed by atoms with van der Waals surface area (Å²) in [6.07, 6.45) is 17.7. The van der Waals surface area contributed by atoms with Crippen LogP contribution >= 0.6 is 0 Å². The van der Waals surface area contributed by atoms with Crippen LogP contribution in [0.5, 0.6) is 5.75 Å². The van der Waals surface area contributed by atoms with Gasteiger partial charge in [-0.1, -0.05) is 52.7 Å². The van der Waals surface area contributed by atoms with Gasteiger partial charge in [-0.05, 0) is 167 Å². The Labute approximate surface area is 323 Å². The van der Waals surface area contributed by atoms with Crippen molar-refractivity contribution >= 4 is 23.5 Å². The summed E-state index contributed by atoms with van der Waals surface area (Å²) in [4.78, 5) is 49.0. The Morgan fingerprint density at radius 3 is 2.35 bits per heavy atom. The minimum absolute atomic E-state index is 0.00469. The fourth-order valence-electron chi connectivity index (χ4n) is 14.3. The Bertz CT molecular complexity index is 1690. The van der Waals surface area contributed by atoms with Gasteiger partial charge in [0, 0.05) is 30.6 Å². The zero-order valence-corrected chi connectivity index (χ0v) is 34.1. The van der Waals surface area contributed by atoms with Crippen molar-refractivity contribution in [2.24, 2.45) is 51.8 Å². The number of fused-ring (bicyclic) bond motifs is 10. The molecule has 5 saturated carbocycles. The van der Waals surface area contributed by atoms with Crippen molar-refractivity contribution in [1.29, 1.82) is 0 Å². The van der Waals surface area contributed by atoms with Gasteiger partial charge in [0.1, 0.15) is 11.9 Å². The number of ketones is 2. The summed E-state index contributed by atoms with van der Waals surface area (Å²) in [6.45, 7) is 14.4. The van der Waals surface area contributed by atoms with Crippen LogP contribution < -0.4 is 0 Å². The molecule has 0 saturated heterocycles. The van der Waals surface area contributed by atoms with E-state index in [-0.39, 0.29) is 45.9 Å². The van der Waals surface area contributed by atoms with Crippen LogP contribution in [0.15, 0.2) is 29.8 Å². The molecule has 7 aliphatic carbocycles. The number of carbonyl (C=O) groups excluding carboxylic acids is 4. The van der Waals surface area contributed by atoms with E-state index < -0.39 is 5.60 Å². The maximum Gasteiger partial charge on any atom is 0.306 e. The zero-order valence-electron chi connectivity index (χ0n) is 34.1. The van der Waals surface area contributed by atoms with Crippen LogP contribution in [0.3, 0.4) is 0 Å². The second kappa shape index (κ2) is 14.5. The topological polar surface area (TPSA) is 107 Å². The predicted molar refractivity (Wildman–Crippen MR) is 209 cm³/mol. The number of hydrogen-bond acceptors (Lipinski definition) is 7. The molecular weight excluding hydrogens is 677 g/mol.